The monoisotopic (exact) mass is 265 g/mol. The number of hydrogen-bond donors (Lipinski definition) is 1. The number of fused-ring (bicyclic) bond motifs is 1. The summed E-state index contributed by atoms with van der Waals surface area (Å²) in [5, 5.41) is 13.9. The van der Waals surface area contributed by atoms with Crippen molar-refractivity contribution in [1.82, 2.24) is 10.2 Å². The Morgan fingerprint density at radius 3 is 3.00 bits per heavy atom. The third-order valence-corrected chi connectivity index (χ3v) is 4.00. The number of likely N-dealkylation sites (tertiary alicyclic amines) is 1. The molecule has 3 rings (SSSR count). The molecule has 1 N–H and O–H groups in total. The Hall–Kier alpha value is -1.89. The van der Waals surface area contributed by atoms with Crippen molar-refractivity contribution in [2.75, 3.05) is 13.1 Å². The van der Waals surface area contributed by atoms with Gasteiger partial charge in [0.2, 0.25) is 0 Å². The highest BCUT2D eigenvalue weighted by Gasteiger charge is 2.45. The summed E-state index contributed by atoms with van der Waals surface area (Å²) in [5.41, 5.74) is 0. The fourth-order valence-corrected chi connectivity index (χ4v) is 3.18. The van der Waals surface area contributed by atoms with Gasteiger partial charge in [-0.15, -0.1) is 0 Å². The molecule has 3 atom stereocenters. The average Bonchev–Trinajstić information content (AvgIpc) is 3.01. The largest absolute Gasteiger partial charge is 0.433 e. The molecule has 0 radical (unpaired) electrons. The lowest BCUT2D eigenvalue weighted by atomic mass is 10.0. The molecule has 0 aliphatic carbocycles. The van der Waals surface area contributed by atoms with Crippen LogP contribution in [0.15, 0.2) is 16.5 Å². The van der Waals surface area contributed by atoms with Gasteiger partial charge < -0.3 is 14.6 Å². The zero-order valence-electron chi connectivity index (χ0n) is 10.5. The van der Waals surface area contributed by atoms with E-state index in [2.05, 4.69) is 5.32 Å². The Balaban J connectivity index is 1.84. The third-order valence-electron chi connectivity index (χ3n) is 4.00. The summed E-state index contributed by atoms with van der Waals surface area (Å²) in [7, 11) is 0. The third kappa shape index (κ3) is 1.90. The molecule has 0 aromatic carbocycles. The number of nitrogens with zero attached hydrogens (tertiary/aromatic N) is 2. The predicted octanol–water partition coefficient (Wildman–Crippen LogP) is 1.01. The van der Waals surface area contributed by atoms with Crippen molar-refractivity contribution < 1.29 is 14.1 Å². The molecule has 0 bridgehead atoms. The summed E-state index contributed by atoms with van der Waals surface area (Å²) in [6.07, 6.45) is 0.964. The molecular weight excluding hydrogens is 250 g/mol. The molecule has 2 aliphatic rings. The number of carbonyl (C=O) groups excluding carboxylic acids is 1. The molecule has 2 aliphatic heterocycles. The fraction of sp³-hybridized carbons (Fsp3) is 0.583. The number of nitro groups is 1. The van der Waals surface area contributed by atoms with Crippen LogP contribution in [0.4, 0.5) is 5.88 Å². The second-order valence-electron chi connectivity index (χ2n) is 5.18. The zero-order chi connectivity index (χ0) is 13.6. The molecule has 0 spiro atoms. The lowest BCUT2D eigenvalue weighted by Crippen LogP contribution is -2.42. The molecule has 2 fully saturated rings. The lowest BCUT2D eigenvalue weighted by Gasteiger charge is -2.26. The van der Waals surface area contributed by atoms with Crippen molar-refractivity contribution in [3.63, 3.8) is 0 Å². The summed E-state index contributed by atoms with van der Waals surface area (Å²) in [4.78, 5) is 24.2. The first-order chi connectivity index (χ1) is 9.08. The SMILES string of the molecule is CC1CC2CNCC2N1C(=O)c1ccc([N+](=O)[O-])o1. The van der Waals surface area contributed by atoms with Gasteiger partial charge in [0, 0.05) is 25.2 Å². The number of amides is 1. The standard InChI is InChI=1S/C12H15N3O4/c1-7-4-8-5-13-6-9(8)14(7)12(16)10-2-3-11(19-10)15(17)18/h2-3,7-9,13H,4-6H2,1H3. The van der Waals surface area contributed by atoms with Gasteiger partial charge in [-0.1, -0.05) is 0 Å². The van der Waals surface area contributed by atoms with E-state index in [-0.39, 0.29) is 23.8 Å². The van der Waals surface area contributed by atoms with Gasteiger partial charge in [-0.25, -0.2) is 0 Å². The van der Waals surface area contributed by atoms with Crippen LogP contribution in [0, 0.1) is 16.0 Å². The van der Waals surface area contributed by atoms with E-state index >= 15 is 0 Å². The molecule has 1 aromatic rings. The molecule has 3 unspecified atom stereocenters. The van der Waals surface area contributed by atoms with Crippen LogP contribution in [0.1, 0.15) is 23.9 Å². The normalized spacial score (nSPS) is 29.5. The molecule has 7 nitrogen and oxygen atoms in total. The maximum Gasteiger partial charge on any atom is 0.433 e. The van der Waals surface area contributed by atoms with E-state index in [4.69, 9.17) is 4.42 Å². The van der Waals surface area contributed by atoms with Gasteiger partial charge in [0.05, 0.1) is 6.07 Å². The highest BCUT2D eigenvalue weighted by atomic mass is 16.6. The van der Waals surface area contributed by atoms with Gasteiger partial charge in [-0.3, -0.25) is 14.9 Å². The molecule has 1 aromatic heterocycles. The van der Waals surface area contributed by atoms with Crippen LogP contribution in [-0.2, 0) is 0 Å². The number of rotatable bonds is 2. The number of furan rings is 1. The molecule has 1 amide bonds. The van der Waals surface area contributed by atoms with Gasteiger partial charge >= 0.3 is 5.88 Å². The lowest BCUT2D eigenvalue weighted by molar-refractivity contribution is -0.402. The Morgan fingerprint density at radius 1 is 1.53 bits per heavy atom. The minimum Gasteiger partial charge on any atom is -0.395 e. The Morgan fingerprint density at radius 2 is 2.32 bits per heavy atom. The zero-order valence-corrected chi connectivity index (χ0v) is 10.5. The van der Waals surface area contributed by atoms with Crippen molar-refractivity contribution >= 4 is 11.8 Å². The second-order valence-corrected chi connectivity index (χ2v) is 5.18. The quantitative estimate of drug-likeness (QED) is 0.636. The van der Waals surface area contributed by atoms with Crippen LogP contribution >= 0.6 is 0 Å². The molecule has 2 saturated heterocycles. The van der Waals surface area contributed by atoms with Gasteiger partial charge in [-0.05, 0) is 25.3 Å². The highest BCUT2D eigenvalue weighted by molar-refractivity contribution is 5.92. The van der Waals surface area contributed by atoms with Crippen molar-refractivity contribution in [2.24, 2.45) is 5.92 Å². The van der Waals surface area contributed by atoms with Crippen LogP contribution < -0.4 is 5.32 Å². The van der Waals surface area contributed by atoms with Crippen molar-refractivity contribution in [2.45, 2.75) is 25.4 Å². The summed E-state index contributed by atoms with van der Waals surface area (Å²) in [5.74, 6) is -0.122. The summed E-state index contributed by atoms with van der Waals surface area (Å²) >= 11 is 0. The van der Waals surface area contributed by atoms with Crippen LogP contribution in [0.3, 0.4) is 0 Å². The van der Waals surface area contributed by atoms with E-state index in [0.717, 1.165) is 19.5 Å². The van der Waals surface area contributed by atoms with Gasteiger partial charge in [-0.2, -0.15) is 0 Å². The maximum absolute atomic E-state index is 12.4. The van der Waals surface area contributed by atoms with Crippen LogP contribution in [-0.4, -0.2) is 40.9 Å². The first-order valence-corrected chi connectivity index (χ1v) is 6.35. The first-order valence-electron chi connectivity index (χ1n) is 6.35. The van der Waals surface area contributed by atoms with Gasteiger partial charge in [0.1, 0.15) is 4.92 Å². The number of hydrogen-bond acceptors (Lipinski definition) is 5. The van der Waals surface area contributed by atoms with Crippen LogP contribution in [0.2, 0.25) is 0 Å². The molecule has 0 saturated carbocycles. The first kappa shape index (κ1) is 12.2. The second kappa shape index (κ2) is 4.34. The predicted molar refractivity (Wildman–Crippen MR) is 65.8 cm³/mol. The topological polar surface area (TPSA) is 88.6 Å². The summed E-state index contributed by atoms with van der Waals surface area (Å²) in [6, 6.07) is 2.92. The molecule has 102 valence electrons. The summed E-state index contributed by atoms with van der Waals surface area (Å²) in [6.45, 7) is 3.72. The smallest absolute Gasteiger partial charge is 0.395 e. The molecule has 3 heterocycles. The van der Waals surface area contributed by atoms with E-state index in [1.807, 2.05) is 6.92 Å². The maximum atomic E-state index is 12.4. The minimum atomic E-state index is -0.635. The number of nitrogens with one attached hydrogen (secondary N) is 1. The van der Waals surface area contributed by atoms with E-state index in [0.29, 0.717) is 5.92 Å². The van der Waals surface area contributed by atoms with Crippen molar-refractivity contribution in [3.8, 4) is 0 Å². The fourth-order valence-electron chi connectivity index (χ4n) is 3.18. The van der Waals surface area contributed by atoms with Crippen LogP contribution in [0.5, 0.6) is 0 Å². The minimum absolute atomic E-state index is 0.0473. The van der Waals surface area contributed by atoms with E-state index in [9.17, 15) is 14.9 Å². The Labute approximate surface area is 109 Å². The van der Waals surface area contributed by atoms with Gasteiger partial charge in [0.15, 0.2) is 5.76 Å². The van der Waals surface area contributed by atoms with Crippen molar-refractivity contribution in [3.05, 3.63) is 28.0 Å². The molecular formula is C12H15N3O4. The van der Waals surface area contributed by atoms with Crippen LogP contribution in [0.25, 0.3) is 0 Å². The summed E-state index contributed by atoms with van der Waals surface area (Å²) < 4.78 is 5.01. The van der Waals surface area contributed by atoms with E-state index in [1.165, 1.54) is 12.1 Å². The number of carbonyl (C=O) groups is 1. The molecule has 7 heteroatoms. The van der Waals surface area contributed by atoms with E-state index < -0.39 is 10.8 Å². The average molecular weight is 265 g/mol. The van der Waals surface area contributed by atoms with Crippen molar-refractivity contribution in [1.29, 1.82) is 0 Å². The molecule has 19 heavy (non-hydrogen) atoms. The Bertz CT molecular complexity index is 527. The Kier molecular flexibility index (Phi) is 2.78. The van der Waals surface area contributed by atoms with E-state index in [1.54, 1.807) is 4.90 Å². The van der Waals surface area contributed by atoms with Gasteiger partial charge in [0.25, 0.3) is 5.91 Å². The highest BCUT2D eigenvalue weighted by Crippen LogP contribution is 2.33.